The fraction of sp³-hybridized carbons (Fsp3) is 0.250. The molecule has 2 aliphatic heterocycles. The van der Waals surface area contributed by atoms with Crippen LogP contribution in [0.2, 0.25) is 0 Å². The molecular formula is C24H23NO3. The van der Waals surface area contributed by atoms with Crippen molar-refractivity contribution in [3.63, 3.8) is 0 Å². The predicted octanol–water partition coefficient (Wildman–Crippen LogP) is 4.75. The van der Waals surface area contributed by atoms with E-state index < -0.39 is 0 Å². The zero-order valence-corrected chi connectivity index (χ0v) is 15.8. The average Bonchev–Trinajstić information content (AvgIpc) is 3.17. The molecule has 0 aliphatic carbocycles. The Bertz CT molecular complexity index is 999. The van der Waals surface area contributed by atoms with E-state index in [-0.39, 0.29) is 11.7 Å². The minimum Gasteiger partial charge on any atom is -0.508 e. The quantitative estimate of drug-likeness (QED) is 0.696. The molecule has 142 valence electrons. The number of benzene rings is 3. The van der Waals surface area contributed by atoms with Crippen LogP contribution in [-0.2, 0) is 0 Å². The van der Waals surface area contributed by atoms with Crippen molar-refractivity contribution in [2.24, 2.45) is 5.92 Å². The maximum Gasteiger partial charge on any atom is 0.126 e. The van der Waals surface area contributed by atoms with Gasteiger partial charge in [-0.25, -0.2) is 0 Å². The van der Waals surface area contributed by atoms with Gasteiger partial charge in [-0.05, 0) is 35.4 Å². The summed E-state index contributed by atoms with van der Waals surface area (Å²) in [5.41, 5.74) is 4.95. The number of phenols is 1. The van der Waals surface area contributed by atoms with Gasteiger partial charge in [0.25, 0.3) is 0 Å². The molecule has 3 aromatic carbocycles. The van der Waals surface area contributed by atoms with Gasteiger partial charge in [-0.2, -0.15) is 0 Å². The minimum atomic E-state index is 0.188. The van der Waals surface area contributed by atoms with E-state index in [2.05, 4.69) is 41.7 Å². The fourth-order valence-electron chi connectivity index (χ4n) is 4.70. The lowest BCUT2D eigenvalue weighted by Gasteiger charge is -2.37. The molecule has 0 spiro atoms. The van der Waals surface area contributed by atoms with E-state index in [1.54, 1.807) is 19.2 Å². The Labute approximate surface area is 164 Å². The molecule has 3 atom stereocenters. The second-order valence-corrected chi connectivity index (χ2v) is 7.52. The number of para-hydroxylation sites is 1. The molecule has 0 saturated heterocycles. The Hall–Kier alpha value is -3.14. The minimum absolute atomic E-state index is 0.188. The summed E-state index contributed by atoms with van der Waals surface area (Å²) in [6.45, 7) is 1.53. The normalized spacial score (nSPS) is 22.5. The third-order valence-electron chi connectivity index (χ3n) is 6.06. The molecule has 0 radical (unpaired) electrons. The van der Waals surface area contributed by atoms with Crippen molar-refractivity contribution in [2.75, 3.05) is 25.6 Å². The molecule has 4 heteroatoms. The summed E-state index contributed by atoms with van der Waals surface area (Å²) in [5.74, 6) is 2.71. The maximum absolute atomic E-state index is 9.91. The first kappa shape index (κ1) is 17.0. The number of rotatable bonds is 3. The lowest BCUT2D eigenvalue weighted by molar-refractivity contribution is 0.185. The number of hydrogen-bond acceptors (Lipinski definition) is 4. The van der Waals surface area contributed by atoms with E-state index in [1.807, 2.05) is 18.2 Å². The van der Waals surface area contributed by atoms with E-state index >= 15 is 0 Å². The number of aromatic hydroxyl groups is 1. The van der Waals surface area contributed by atoms with E-state index in [4.69, 9.17) is 9.47 Å². The molecule has 2 aliphatic rings. The summed E-state index contributed by atoms with van der Waals surface area (Å²) in [5, 5.41) is 13.5. The van der Waals surface area contributed by atoms with Gasteiger partial charge in [0, 0.05) is 41.6 Å². The van der Waals surface area contributed by atoms with Crippen molar-refractivity contribution in [3.05, 3.63) is 83.4 Å². The van der Waals surface area contributed by atoms with Gasteiger partial charge in [0.15, 0.2) is 0 Å². The van der Waals surface area contributed by atoms with Gasteiger partial charge in [-0.15, -0.1) is 0 Å². The first-order valence-corrected chi connectivity index (χ1v) is 9.67. The number of methoxy groups -OCH3 is 1. The summed E-state index contributed by atoms with van der Waals surface area (Å²) in [7, 11) is 1.69. The van der Waals surface area contributed by atoms with E-state index in [0.717, 1.165) is 23.6 Å². The molecule has 2 N–H and O–H groups in total. The number of phenolic OH excluding ortho intramolecular Hbond substituents is 1. The molecule has 28 heavy (non-hydrogen) atoms. The van der Waals surface area contributed by atoms with Gasteiger partial charge in [0.1, 0.15) is 17.2 Å². The number of nitrogens with one attached hydrogen (secondary N) is 1. The zero-order valence-electron chi connectivity index (χ0n) is 15.8. The van der Waals surface area contributed by atoms with Crippen molar-refractivity contribution in [3.8, 4) is 17.2 Å². The molecule has 2 heterocycles. The Morgan fingerprint density at radius 1 is 1.00 bits per heavy atom. The number of hydrogen-bond donors (Lipinski definition) is 2. The van der Waals surface area contributed by atoms with Gasteiger partial charge in [0.05, 0.1) is 13.7 Å². The van der Waals surface area contributed by atoms with Crippen molar-refractivity contribution in [2.45, 2.75) is 11.8 Å². The molecule has 0 fully saturated rings. The van der Waals surface area contributed by atoms with Crippen LogP contribution in [-0.4, -0.2) is 25.4 Å². The summed E-state index contributed by atoms with van der Waals surface area (Å²) >= 11 is 0. The highest BCUT2D eigenvalue weighted by atomic mass is 16.5. The van der Waals surface area contributed by atoms with Crippen LogP contribution in [0, 0.1) is 5.92 Å². The Balaban J connectivity index is 1.61. The van der Waals surface area contributed by atoms with Crippen molar-refractivity contribution < 1.29 is 14.6 Å². The highest BCUT2D eigenvalue weighted by Gasteiger charge is 2.40. The van der Waals surface area contributed by atoms with Crippen LogP contribution in [0.5, 0.6) is 17.2 Å². The molecule has 4 nitrogen and oxygen atoms in total. The highest BCUT2D eigenvalue weighted by Crippen LogP contribution is 2.50. The maximum atomic E-state index is 9.91. The molecule has 3 aromatic rings. The van der Waals surface area contributed by atoms with Gasteiger partial charge in [-0.1, -0.05) is 36.4 Å². The van der Waals surface area contributed by atoms with Crippen molar-refractivity contribution in [1.29, 1.82) is 0 Å². The number of ether oxygens (including phenoxy) is 2. The van der Waals surface area contributed by atoms with Crippen LogP contribution in [0.25, 0.3) is 0 Å². The Morgan fingerprint density at radius 3 is 2.64 bits per heavy atom. The molecule has 0 amide bonds. The zero-order chi connectivity index (χ0) is 19.1. The summed E-state index contributed by atoms with van der Waals surface area (Å²) in [6.07, 6.45) is 0. The predicted molar refractivity (Wildman–Crippen MR) is 110 cm³/mol. The topological polar surface area (TPSA) is 50.7 Å². The summed E-state index contributed by atoms with van der Waals surface area (Å²) in [4.78, 5) is 0. The van der Waals surface area contributed by atoms with Crippen molar-refractivity contribution in [1.82, 2.24) is 0 Å². The van der Waals surface area contributed by atoms with Crippen LogP contribution in [0.4, 0.5) is 5.69 Å². The number of anilines is 1. The molecular weight excluding hydrogens is 350 g/mol. The van der Waals surface area contributed by atoms with Crippen LogP contribution in [0.15, 0.2) is 66.7 Å². The van der Waals surface area contributed by atoms with E-state index in [0.29, 0.717) is 18.4 Å². The smallest absolute Gasteiger partial charge is 0.126 e. The second kappa shape index (κ2) is 6.79. The average molecular weight is 373 g/mol. The lowest BCUT2D eigenvalue weighted by atomic mass is 9.71. The van der Waals surface area contributed by atoms with E-state index in [9.17, 15) is 5.11 Å². The van der Waals surface area contributed by atoms with Crippen LogP contribution in [0.1, 0.15) is 28.5 Å². The lowest BCUT2D eigenvalue weighted by Crippen LogP contribution is -2.32. The molecule has 0 bridgehead atoms. The molecule has 0 saturated carbocycles. The second-order valence-electron chi connectivity index (χ2n) is 7.52. The molecule has 3 unspecified atom stereocenters. The van der Waals surface area contributed by atoms with Crippen LogP contribution in [0.3, 0.4) is 0 Å². The Morgan fingerprint density at radius 2 is 1.82 bits per heavy atom. The van der Waals surface area contributed by atoms with Gasteiger partial charge in [0.2, 0.25) is 0 Å². The first-order valence-electron chi connectivity index (χ1n) is 9.67. The van der Waals surface area contributed by atoms with Gasteiger partial charge >= 0.3 is 0 Å². The third kappa shape index (κ3) is 2.76. The summed E-state index contributed by atoms with van der Waals surface area (Å²) in [6, 6.07) is 22.3. The van der Waals surface area contributed by atoms with Crippen LogP contribution < -0.4 is 14.8 Å². The molecule has 0 aromatic heterocycles. The fourth-order valence-corrected chi connectivity index (χ4v) is 4.70. The number of fused-ring (bicyclic) bond motifs is 2. The molecule has 5 rings (SSSR count). The van der Waals surface area contributed by atoms with Crippen molar-refractivity contribution >= 4 is 5.69 Å². The SMILES string of the molecule is COc1ccc(C2c3ccc(O)cc3OCC2C2CNc3ccccc32)cc1. The first-order chi connectivity index (χ1) is 13.7. The monoisotopic (exact) mass is 373 g/mol. The third-order valence-corrected chi connectivity index (χ3v) is 6.06. The summed E-state index contributed by atoms with van der Waals surface area (Å²) < 4.78 is 11.5. The largest absolute Gasteiger partial charge is 0.508 e. The standard InChI is InChI=1S/C24H23NO3/c1-27-17-9-6-15(7-10-17)24-19-11-8-16(26)12-23(19)28-14-21(24)20-13-25-22-5-3-2-4-18(20)22/h2-12,20-21,24-26H,13-14H2,1H3. The van der Waals surface area contributed by atoms with Gasteiger partial charge in [-0.3, -0.25) is 0 Å². The van der Waals surface area contributed by atoms with E-state index in [1.165, 1.54) is 16.8 Å². The Kier molecular flexibility index (Phi) is 4.12. The highest BCUT2D eigenvalue weighted by molar-refractivity contribution is 5.59. The van der Waals surface area contributed by atoms with Gasteiger partial charge < -0.3 is 19.9 Å². The van der Waals surface area contributed by atoms with Crippen LogP contribution >= 0.6 is 0 Å².